The summed E-state index contributed by atoms with van der Waals surface area (Å²) >= 11 is 0. The lowest BCUT2D eigenvalue weighted by Gasteiger charge is -2.09. The molecule has 0 aliphatic carbocycles. The molecule has 7 nitrogen and oxygen atoms in total. The van der Waals surface area contributed by atoms with Crippen molar-refractivity contribution >= 4 is 23.0 Å². The normalized spacial score (nSPS) is 10.6. The van der Waals surface area contributed by atoms with E-state index in [2.05, 4.69) is 20.9 Å². The number of benzene rings is 2. The highest BCUT2D eigenvalue weighted by Crippen LogP contribution is 2.11. The van der Waals surface area contributed by atoms with Crippen molar-refractivity contribution in [2.45, 2.75) is 13.0 Å². The molecule has 2 aromatic carbocycles. The zero-order valence-electron chi connectivity index (χ0n) is 15.3. The van der Waals surface area contributed by atoms with Gasteiger partial charge in [-0.15, -0.1) is 0 Å². The van der Waals surface area contributed by atoms with Crippen molar-refractivity contribution in [3.8, 4) is 0 Å². The average Bonchev–Trinajstić information content (AvgIpc) is 3.12. The average molecular weight is 383 g/mol. The van der Waals surface area contributed by atoms with Gasteiger partial charge in [-0.2, -0.15) is 0 Å². The van der Waals surface area contributed by atoms with Crippen molar-refractivity contribution in [3.63, 3.8) is 0 Å². The van der Waals surface area contributed by atoms with Crippen LogP contribution < -0.4 is 16.0 Å². The summed E-state index contributed by atoms with van der Waals surface area (Å²) < 4.78 is 15.5. The number of nitrogens with one attached hydrogen (secondary N) is 3. The summed E-state index contributed by atoms with van der Waals surface area (Å²) in [5.41, 5.74) is 2.00. The monoisotopic (exact) mass is 383 g/mol. The molecule has 0 aliphatic heterocycles. The van der Waals surface area contributed by atoms with Crippen molar-refractivity contribution in [1.82, 2.24) is 25.5 Å². The fourth-order valence-corrected chi connectivity index (χ4v) is 2.79. The Morgan fingerprint density at radius 2 is 1.64 bits per heavy atom. The summed E-state index contributed by atoms with van der Waals surface area (Å²) in [7, 11) is 0. The largest absolute Gasteiger partial charge is 0.350 e. The van der Waals surface area contributed by atoms with Crippen LogP contribution in [0.3, 0.4) is 0 Å². The number of nitrogens with zero attached hydrogens (tertiary/aromatic N) is 2. The number of halogens is 1. The Labute approximate surface area is 162 Å². The molecule has 0 saturated carbocycles. The van der Waals surface area contributed by atoms with Crippen LogP contribution in [-0.4, -0.2) is 41.1 Å². The number of aromatic nitrogens is 2. The third kappa shape index (κ3) is 5.06. The van der Waals surface area contributed by atoms with E-state index in [1.807, 2.05) is 28.8 Å². The number of para-hydroxylation sites is 2. The first-order valence-electron chi connectivity index (χ1n) is 9.09. The standard InChI is InChI=1S/C20H22FN5O2/c21-16-7-2-1-6-15(16)19(27)22-11-12-24-20(28)23-10-5-13-26-14-25-17-8-3-4-9-18(17)26/h1-4,6-9,14H,5,10-13H2,(H,22,27)(H2,23,24,28). The third-order valence-electron chi connectivity index (χ3n) is 4.20. The first-order chi connectivity index (χ1) is 13.6. The molecule has 0 saturated heterocycles. The first-order valence-corrected chi connectivity index (χ1v) is 9.09. The van der Waals surface area contributed by atoms with Crippen LogP contribution in [-0.2, 0) is 6.54 Å². The summed E-state index contributed by atoms with van der Waals surface area (Å²) in [4.78, 5) is 27.9. The molecular formula is C20H22FN5O2. The van der Waals surface area contributed by atoms with Crippen LogP contribution in [0.1, 0.15) is 16.8 Å². The van der Waals surface area contributed by atoms with Gasteiger partial charge in [0, 0.05) is 26.2 Å². The molecule has 3 rings (SSSR count). The molecule has 0 radical (unpaired) electrons. The highest BCUT2D eigenvalue weighted by Gasteiger charge is 2.09. The van der Waals surface area contributed by atoms with Crippen LogP contribution >= 0.6 is 0 Å². The zero-order valence-corrected chi connectivity index (χ0v) is 15.3. The van der Waals surface area contributed by atoms with E-state index in [9.17, 15) is 14.0 Å². The maximum absolute atomic E-state index is 13.5. The lowest BCUT2D eigenvalue weighted by Crippen LogP contribution is -2.40. The Kier molecular flexibility index (Phi) is 6.56. The fourth-order valence-electron chi connectivity index (χ4n) is 2.79. The molecule has 1 heterocycles. The minimum absolute atomic E-state index is 0.0148. The molecule has 0 bridgehead atoms. The molecular weight excluding hydrogens is 361 g/mol. The number of imidazole rings is 1. The number of hydrogen-bond donors (Lipinski definition) is 3. The van der Waals surface area contributed by atoms with Gasteiger partial charge in [-0.1, -0.05) is 24.3 Å². The molecule has 0 aliphatic rings. The van der Waals surface area contributed by atoms with Crippen molar-refractivity contribution in [2.75, 3.05) is 19.6 Å². The van der Waals surface area contributed by atoms with Gasteiger partial charge in [0.2, 0.25) is 0 Å². The zero-order chi connectivity index (χ0) is 19.8. The van der Waals surface area contributed by atoms with E-state index in [1.54, 1.807) is 12.4 Å². The van der Waals surface area contributed by atoms with Crippen molar-refractivity contribution in [2.24, 2.45) is 0 Å². The van der Waals surface area contributed by atoms with E-state index in [0.717, 1.165) is 24.0 Å². The van der Waals surface area contributed by atoms with Gasteiger partial charge in [-0.05, 0) is 30.7 Å². The number of fused-ring (bicyclic) bond motifs is 1. The molecule has 0 unspecified atom stereocenters. The van der Waals surface area contributed by atoms with Gasteiger partial charge in [0.1, 0.15) is 5.82 Å². The molecule has 3 amide bonds. The molecule has 0 atom stereocenters. The Bertz CT molecular complexity index is 956. The molecule has 3 N–H and O–H groups in total. The summed E-state index contributed by atoms with van der Waals surface area (Å²) in [5.74, 6) is -1.08. The van der Waals surface area contributed by atoms with E-state index in [1.165, 1.54) is 18.2 Å². The predicted molar refractivity (Wildman–Crippen MR) is 104 cm³/mol. The quantitative estimate of drug-likeness (QED) is 0.522. The predicted octanol–water partition coefficient (Wildman–Crippen LogP) is 2.29. The topological polar surface area (TPSA) is 88.1 Å². The summed E-state index contributed by atoms with van der Waals surface area (Å²) in [6, 6.07) is 13.3. The van der Waals surface area contributed by atoms with Crippen molar-refractivity contribution < 1.29 is 14.0 Å². The number of rotatable bonds is 8. The number of hydrogen-bond acceptors (Lipinski definition) is 3. The van der Waals surface area contributed by atoms with Gasteiger partial charge in [0.15, 0.2) is 0 Å². The van der Waals surface area contributed by atoms with E-state index < -0.39 is 11.7 Å². The number of aryl methyl sites for hydroxylation is 1. The van der Waals surface area contributed by atoms with E-state index in [-0.39, 0.29) is 24.7 Å². The lowest BCUT2D eigenvalue weighted by molar-refractivity contribution is 0.0950. The summed E-state index contributed by atoms with van der Waals surface area (Å²) in [5, 5.41) is 7.98. The highest BCUT2D eigenvalue weighted by molar-refractivity contribution is 5.94. The lowest BCUT2D eigenvalue weighted by atomic mass is 10.2. The van der Waals surface area contributed by atoms with Gasteiger partial charge >= 0.3 is 6.03 Å². The molecule has 28 heavy (non-hydrogen) atoms. The SMILES string of the molecule is O=C(NCCCn1cnc2ccccc21)NCCNC(=O)c1ccccc1F. The number of amides is 3. The molecule has 0 spiro atoms. The smallest absolute Gasteiger partial charge is 0.314 e. The Balaban J connectivity index is 1.30. The van der Waals surface area contributed by atoms with Crippen LogP contribution in [0.5, 0.6) is 0 Å². The van der Waals surface area contributed by atoms with Gasteiger partial charge in [0.05, 0.1) is 22.9 Å². The Hall–Kier alpha value is -3.42. The van der Waals surface area contributed by atoms with Gasteiger partial charge in [0.25, 0.3) is 5.91 Å². The number of carbonyl (C=O) groups is 2. The van der Waals surface area contributed by atoms with Crippen LogP contribution in [0.4, 0.5) is 9.18 Å². The fraction of sp³-hybridized carbons (Fsp3) is 0.250. The van der Waals surface area contributed by atoms with Gasteiger partial charge < -0.3 is 20.5 Å². The first kappa shape index (κ1) is 19.3. The van der Waals surface area contributed by atoms with E-state index in [0.29, 0.717) is 6.54 Å². The maximum Gasteiger partial charge on any atom is 0.314 e. The van der Waals surface area contributed by atoms with Crippen LogP contribution in [0.2, 0.25) is 0 Å². The Morgan fingerprint density at radius 1 is 0.929 bits per heavy atom. The van der Waals surface area contributed by atoms with E-state index >= 15 is 0 Å². The summed E-state index contributed by atoms with van der Waals surface area (Å²) in [6.07, 6.45) is 2.56. The van der Waals surface area contributed by atoms with Crippen molar-refractivity contribution in [3.05, 3.63) is 66.2 Å². The second-order valence-electron chi connectivity index (χ2n) is 6.20. The van der Waals surface area contributed by atoms with Crippen LogP contribution in [0.25, 0.3) is 11.0 Å². The van der Waals surface area contributed by atoms with Gasteiger partial charge in [-0.3, -0.25) is 4.79 Å². The minimum atomic E-state index is -0.573. The third-order valence-corrected chi connectivity index (χ3v) is 4.20. The van der Waals surface area contributed by atoms with Gasteiger partial charge in [-0.25, -0.2) is 14.2 Å². The van der Waals surface area contributed by atoms with Crippen LogP contribution in [0.15, 0.2) is 54.9 Å². The van der Waals surface area contributed by atoms with Crippen LogP contribution in [0, 0.1) is 5.82 Å². The minimum Gasteiger partial charge on any atom is -0.350 e. The molecule has 3 aromatic rings. The molecule has 1 aromatic heterocycles. The Morgan fingerprint density at radius 3 is 2.50 bits per heavy atom. The second kappa shape index (κ2) is 9.50. The summed E-state index contributed by atoms with van der Waals surface area (Å²) in [6.45, 7) is 1.72. The van der Waals surface area contributed by atoms with E-state index in [4.69, 9.17) is 0 Å². The second-order valence-corrected chi connectivity index (χ2v) is 6.20. The maximum atomic E-state index is 13.5. The highest BCUT2D eigenvalue weighted by atomic mass is 19.1. The van der Waals surface area contributed by atoms with Crippen molar-refractivity contribution in [1.29, 1.82) is 0 Å². The molecule has 146 valence electrons. The number of urea groups is 1. The molecule has 0 fully saturated rings. The molecule has 8 heteroatoms. The number of carbonyl (C=O) groups excluding carboxylic acids is 2.